The fraction of sp³-hybridized carbons (Fsp3) is 0.261. The van der Waals surface area contributed by atoms with Crippen LogP contribution >= 0.6 is 0 Å². The Morgan fingerprint density at radius 1 is 1.23 bits per heavy atom. The number of aromatic nitrogens is 1. The van der Waals surface area contributed by atoms with Gasteiger partial charge in [-0.15, -0.1) is 0 Å². The highest BCUT2D eigenvalue weighted by Crippen LogP contribution is 2.29. The van der Waals surface area contributed by atoms with Crippen molar-refractivity contribution in [2.75, 3.05) is 31.6 Å². The number of rotatable bonds is 4. The Bertz CT molecular complexity index is 1150. The predicted molar refractivity (Wildman–Crippen MR) is 112 cm³/mol. The number of carbonyl (C=O) groups is 1. The molecule has 1 aliphatic heterocycles. The van der Waals surface area contributed by atoms with E-state index < -0.39 is 5.82 Å². The summed E-state index contributed by atoms with van der Waals surface area (Å²) in [5, 5.41) is 12.7. The zero-order chi connectivity index (χ0) is 21.1. The van der Waals surface area contributed by atoms with Gasteiger partial charge in [0.25, 0.3) is 0 Å². The van der Waals surface area contributed by atoms with Crippen molar-refractivity contribution in [3.05, 3.63) is 59.4 Å². The highest BCUT2D eigenvalue weighted by atomic mass is 19.1. The van der Waals surface area contributed by atoms with Crippen molar-refractivity contribution in [2.45, 2.75) is 13.5 Å². The van der Waals surface area contributed by atoms with E-state index in [1.54, 1.807) is 18.2 Å². The summed E-state index contributed by atoms with van der Waals surface area (Å²) in [4.78, 5) is 18.2. The first-order valence-corrected chi connectivity index (χ1v) is 9.75. The van der Waals surface area contributed by atoms with Gasteiger partial charge in [-0.25, -0.2) is 9.37 Å². The van der Waals surface area contributed by atoms with Crippen LogP contribution in [-0.4, -0.2) is 42.1 Å². The van der Waals surface area contributed by atoms with E-state index >= 15 is 0 Å². The van der Waals surface area contributed by atoms with E-state index in [4.69, 9.17) is 9.72 Å². The van der Waals surface area contributed by atoms with E-state index in [2.05, 4.69) is 16.3 Å². The Morgan fingerprint density at radius 2 is 2.03 bits per heavy atom. The van der Waals surface area contributed by atoms with Gasteiger partial charge in [-0.3, -0.25) is 9.69 Å². The third kappa shape index (κ3) is 4.30. The molecule has 3 aromatic rings. The Hall–Kier alpha value is -3.34. The smallest absolute Gasteiger partial charge is 0.221 e. The second-order valence-corrected chi connectivity index (χ2v) is 7.27. The Morgan fingerprint density at radius 3 is 2.73 bits per heavy atom. The van der Waals surface area contributed by atoms with E-state index in [9.17, 15) is 14.4 Å². The lowest BCUT2D eigenvalue weighted by Gasteiger charge is -2.27. The van der Waals surface area contributed by atoms with Gasteiger partial charge in [0.15, 0.2) is 0 Å². The number of anilines is 1. The van der Waals surface area contributed by atoms with Crippen LogP contribution in [0.15, 0.2) is 42.5 Å². The number of nitrogens with one attached hydrogen (secondary N) is 1. The van der Waals surface area contributed by atoms with Gasteiger partial charge < -0.3 is 10.1 Å². The summed E-state index contributed by atoms with van der Waals surface area (Å²) in [7, 11) is 0. The highest BCUT2D eigenvalue weighted by molar-refractivity contribution is 5.89. The molecule has 2 heterocycles. The number of amides is 1. The van der Waals surface area contributed by atoms with E-state index in [1.807, 2.05) is 12.1 Å². The van der Waals surface area contributed by atoms with Gasteiger partial charge in [0.05, 0.1) is 41.7 Å². The van der Waals surface area contributed by atoms with Crippen LogP contribution in [-0.2, 0) is 16.1 Å². The molecule has 0 unspecified atom stereocenters. The van der Waals surface area contributed by atoms with Crippen molar-refractivity contribution in [3.63, 3.8) is 0 Å². The van der Waals surface area contributed by atoms with Crippen molar-refractivity contribution in [1.82, 2.24) is 9.88 Å². The van der Waals surface area contributed by atoms with Gasteiger partial charge in [0.2, 0.25) is 5.91 Å². The number of hydrogen-bond acceptors (Lipinski definition) is 5. The fourth-order valence-corrected chi connectivity index (χ4v) is 3.61. The quantitative estimate of drug-likeness (QED) is 0.717. The Kier molecular flexibility index (Phi) is 5.70. The molecule has 1 aromatic heterocycles. The van der Waals surface area contributed by atoms with Crippen LogP contribution in [0.1, 0.15) is 18.1 Å². The molecule has 2 aromatic carbocycles. The molecule has 1 fully saturated rings. The lowest BCUT2D eigenvalue weighted by Crippen LogP contribution is -2.35. The number of halogens is 1. The number of carbonyl (C=O) groups excluding carboxylic acids is 1. The molecule has 7 heteroatoms. The van der Waals surface area contributed by atoms with Crippen LogP contribution in [0.2, 0.25) is 0 Å². The predicted octanol–water partition coefficient (Wildman–Crippen LogP) is 3.70. The summed E-state index contributed by atoms with van der Waals surface area (Å²) in [6, 6.07) is 14.2. The number of hydrogen-bond donors (Lipinski definition) is 1. The number of fused-ring (bicyclic) bond motifs is 1. The molecule has 1 saturated heterocycles. The molecule has 1 aliphatic rings. The molecule has 0 spiro atoms. The Labute approximate surface area is 173 Å². The third-order valence-corrected chi connectivity index (χ3v) is 5.10. The Balaban J connectivity index is 1.78. The van der Waals surface area contributed by atoms with Crippen molar-refractivity contribution in [3.8, 4) is 17.3 Å². The van der Waals surface area contributed by atoms with Crippen molar-refractivity contribution in [1.29, 1.82) is 5.26 Å². The van der Waals surface area contributed by atoms with Crippen LogP contribution < -0.4 is 5.32 Å². The minimum atomic E-state index is -0.523. The summed E-state index contributed by atoms with van der Waals surface area (Å²) in [6.45, 7) is 5.14. The second-order valence-electron chi connectivity index (χ2n) is 7.27. The highest BCUT2D eigenvalue weighted by Gasteiger charge is 2.15. The number of nitriles is 1. The minimum Gasteiger partial charge on any atom is -0.379 e. The molecule has 0 radical (unpaired) electrons. The molecule has 30 heavy (non-hydrogen) atoms. The van der Waals surface area contributed by atoms with Crippen LogP contribution in [0.3, 0.4) is 0 Å². The summed E-state index contributed by atoms with van der Waals surface area (Å²) < 4.78 is 19.9. The van der Waals surface area contributed by atoms with Gasteiger partial charge in [0, 0.05) is 37.5 Å². The molecule has 1 amide bonds. The maximum Gasteiger partial charge on any atom is 0.221 e. The first kappa shape index (κ1) is 20.0. The van der Waals surface area contributed by atoms with E-state index in [-0.39, 0.29) is 11.6 Å². The lowest BCUT2D eigenvalue weighted by atomic mass is 10.0. The van der Waals surface area contributed by atoms with Crippen LogP contribution in [0.4, 0.5) is 10.1 Å². The largest absolute Gasteiger partial charge is 0.379 e. The molecule has 152 valence electrons. The normalized spacial score (nSPS) is 14.4. The molecule has 4 rings (SSSR count). The van der Waals surface area contributed by atoms with Crippen LogP contribution in [0.25, 0.3) is 22.2 Å². The van der Waals surface area contributed by atoms with Crippen LogP contribution in [0.5, 0.6) is 0 Å². The monoisotopic (exact) mass is 404 g/mol. The van der Waals surface area contributed by atoms with E-state index in [0.717, 1.165) is 24.0 Å². The number of pyridine rings is 1. The molecule has 1 N–H and O–H groups in total. The molecule has 0 atom stereocenters. The first-order valence-electron chi connectivity index (χ1n) is 9.75. The molecule has 0 saturated carbocycles. The van der Waals surface area contributed by atoms with Crippen molar-refractivity contribution < 1.29 is 13.9 Å². The first-order chi connectivity index (χ1) is 14.5. The SMILES string of the molecule is CC(=O)Nc1ccc(-c2cc(CN3CCOCC3)c3ccc(C#N)cc3n2)cc1F. The van der Waals surface area contributed by atoms with E-state index in [1.165, 1.54) is 19.1 Å². The number of nitrogens with zero attached hydrogens (tertiary/aromatic N) is 3. The number of ether oxygens (including phenoxy) is 1. The maximum absolute atomic E-state index is 14.5. The van der Waals surface area contributed by atoms with Crippen LogP contribution in [0, 0.1) is 17.1 Å². The molecule has 0 bridgehead atoms. The van der Waals surface area contributed by atoms with Gasteiger partial charge in [0.1, 0.15) is 5.82 Å². The second kappa shape index (κ2) is 8.57. The minimum absolute atomic E-state index is 0.132. The zero-order valence-electron chi connectivity index (χ0n) is 16.6. The fourth-order valence-electron chi connectivity index (χ4n) is 3.61. The van der Waals surface area contributed by atoms with Gasteiger partial charge in [-0.2, -0.15) is 5.26 Å². The number of morpholine rings is 1. The standard InChI is InChI=1S/C23H21FN4O2/c1-15(29)26-21-5-3-17(11-20(21)24)22-12-18(14-28-6-8-30-9-7-28)19-4-2-16(13-25)10-23(19)27-22/h2-5,10-12H,6-9,14H2,1H3,(H,26,29). The van der Waals surface area contributed by atoms with E-state index in [0.29, 0.717) is 42.1 Å². The summed E-state index contributed by atoms with van der Waals surface area (Å²) in [5.74, 6) is -0.854. The topological polar surface area (TPSA) is 78.3 Å². The number of benzene rings is 2. The average Bonchev–Trinajstić information content (AvgIpc) is 2.75. The lowest BCUT2D eigenvalue weighted by molar-refractivity contribution is -0.114. The summed E-state index contributed by atoms with van der Waals surface area (Å²) >= 11 is 0. The summed E-state index contributed by atoms with van der Waals surface area (Å²) in [6.07, 6.45) is 0. The third-order valence-electron chi connectivity index (χ3n) is 5.10. The van der Waals surface area contributed by atoms with Crippen molar-refractivity contribution >= 4 is 22.5 Å². The summed E-state index contributed by atoms with van der Waals surface area (Å²) in [5.41, 5.74) is 3.64. The van der Waals surface area contributed by atoms with Gasteiger partial charge in [-0.05, 0) is 35.9 Å². The maximum atomic E-state index is 14.5. The average molecular weight is 404 g/mol. The molecule has 0 aliphatic carbocycles. The van der Waals surface area contributed by atoms with Gasteiger partial charge >= 0.3 is 0 Å². The zero-order valence-corrected chi connectivity index (χ0v) is 16.6. The van der Waals surface area contributed by atoms with Gasteiger partial charge in [-0.1, -0.05) is 12.1 Å². The molecular formula is C23H21FN4O2. The molecular weight excluding hydrogens is 383 g/mol. The molecule has 6 nitrogen and oxygen atoms in total. The van der Waals surface area contributed by atoms with Crippen molar-refractivity contribution in [2.24, 2.45) is 0 Å².